The van der Waals surface area contributed by atoms with Crippen molar-refractivity contribution in [2.24, 2.45) is 0 Å². The summed E-state index contributed by atoms with van der Waals surface area (Å²) < 4.78 is 26.9. The molecule has 6 nitrogen and oxygen atoms in total. The second-order valence-electron chi connectivity index (χ2n) is 7.05. The lowest BCUT2D eigenvalue weighted by atomic mass is 10.1. The predicted molar refractivity (Wildman–Crippen MR) is 111 cm³/mol. The molecule has 2 aromatic rings. The smallest absolute Gasteiger partial charge is 0.240 e. The molecule has 0 bridgehead atoms. The van der Waals surface area contributed by atoms with E-state index in [1.807, 2.05) is 4.90 Å². The first-order chi connectivity index (χ1) is 13.4. The molecule has 0 aromatic heterocycles. The summed E-state index contributed by atoms with van der Waals surface area (Å²) in [5.74, 6) is -0.0172. The molecule has 0 spiro atoms. The van der Waals surface area contributed by atoms with Gasteiger partial charge in [0.2, 0.25) is 15.9 Å². The number of piperazine rings is 1. The summed E-state index contributed by atoms with van der Waals surface area (Å²) >= 11 is 0. The molecule has 1 fully saturated rings. The number of anilines is 1. The van der Waals surface area contributed by atoms with Gasteiger partial charge in [-0.3, -0.25) is 4.79 Å². The van der Waals surface area contributed by atoms with E-state index in [4.69, 9.17) is 0 Å². The lowest BCUT2D eigenvalue weighted by molar-refractivity contribution is -0.131. The molecule has 150 valence electrons. The summed E-state index contributed by atoms with van der Waals surface area (Å²) in [5, 5.41) is 0. The van der Waals surface area contributed by atoms with Crippen molar-refractivity contribution in [2.45, 2.75) is 25.2 Å². The highest BCUT2D eigenvalue weighted by Crippen LogP contribution is 2.24. The Morgan fingerprint density at radius 1 is 0.964 bits per heavy atom. The van der Waals surface area contributed by atoms with E-state index in [9.17, 15) is 13.2 Å². The van der Waals surface area contributed by atoms with Gasteiger partial charge in [0, 0.05) is 44.8 Å². The van der Waals surface area contributed by atoms with Gasteiger partial charge in [0.05, 0.1) is 4.90 Å². The Morgan fingerprint density at radius 2 is 1.64 bits per heavy atom. The zero-order valence-electron chi connectivity index (χ0n) is 16.4. The number of carbonyl (C=O) groups is 1. The number of nitrogens with zero attached hydrogens (tertiary/aromatic N) is 2. The highest BCUT2D eigenvalue weighted by atomic mass is 32.2. The summed E-state index contributed by atoms with van der Waals surface area (Å²) in [7, 11) is -3.57. The number of nitrogens with one attached hydrogen (secondary N) is 1. The number of aryl methyl sites for hydroxylation is 1. The molecule has 0 radical (unpaired) electrons. The number of sulfonamides is 1. The number of benzene rings is 2. The van der Waals surface area contributed by atoms with E-state index in [0.717, 1.165) is 13.1 Å². The maximum atomic E-state index is 12.5. The molecule has 0 atom stereocenters. The quantitative estimate of drug-likeness (QED) is 0.807. The lowest BCUT2D eigenvalue weighted by Crippen LogP contribution is -2.49. The zero-order chi connectivity index (χ0) is 20.1. The molecule has 28 heavy (non-hydrogen) atoms. The molecule has 7 heteroatoms. The van der Waals surface area contributed by atoms with E-state index < -0.39 is 10.0 Å². The van der Waals surface area contributed by atoms with E-state index in [-0.39, 0.29) is 23.8 Å². The van der Waals surface area contributed by atoms with Crippen LogP contribution in [0.2, 0.25) is 0 Å². The molecule has 0 aliphatic carbocycles. The molecular weight excluding hydrogens is 374 g/mol. The highest BCUT2D eigenvalue weighted by molar-refractivity contribution is 7.89. The van der Waals surface area contributed by atoms with Gasteiger partial charge in [-0.2, -0.15) is 0 Å². The third-order valence-electron chi connectivity index (χ3n) is 5.23. The number of rotatable bonds is 6. The first-order valence-electron chi connectivity index (χ1n) is 9.52. The fourth-order valence-electron chi connectivity index (χ4n) is 3.41. The maximum Gasteiger partial charge on any atom is 0.240 e. The minimum Gasteiger partial charge on any atom is -0.368 e. The van der Waals surface area contributed by atoms with Crippen molar-refractivity contribution in [3.63, 3.8) is 0 Å². The molecule has 0 saturated carbocycles. The largest absolute Gasteiger partial charge is 0.368 e. The molecule has 3 rings (SSSR count). The average molecular weight is 402 g/mol. The first-order valence-corrected chi connectivity index (χ1v) is 11.0. The minimum atomic E-state index is -3.57. The molecule has 2 aromatic carbocycles. The molecule has 1 heterocycles. The molecule has 1 aliphatic rings. The standard InChI is InChI=1S/C21H27N3O3S/c1-17-7-6-10-20(18(17)2)23-13-15-24(16-14-23)21(25)11-12-22-28(26,27)19-8-4-3-5-9-19/h3-10,22H,11-16H2,1-2H3. The van der Waals surface area contributed by atoms with Crippen LogP contribution in [0, 0.1) is 13.8 Å². The van der Waals surface area contributed by atoms with Crippen LogP contribution in [0.4, 0.5) is 5.69 Å². The fourth-order valence-corrected chi connectivity index (χ4v) is 4.46. The fraction of sp³-hybridized carbons (Fsp3) is 0.381. The predicted octanol–water partition coefficient (Wildman–Crippen LogP) is 2.32. The van der Waals surface area contributed by atoms with Crippen LogP contribution in [0.15, 0.2) is 53.4 Å². The monoisotopic (exact) mass is 401 g/mol. The molecule has 1 N–H and O–H groups in total. The van der Waals surface area contributed by atoms with Gasteiger partial charge in [-0.05, 0) is 43.2 Å². The second kappa shape index (κ2) is 8.75. The summed E-state index contributed by atoms with van der Waals surface area (Å²) in [6, 6.07) is 14.5. The molecule has 1 aliphatic heterocycles. The summed E-state index contributed by atoms with van der Waals surface area (Å²) in [5.41, 5.74) is 3.77. The van der Waals surface area contributed by atoms with Crippen LogP contribution in [-0.2, 0) is 14.8 Å². The Labute approximate surface area is 167 Å². The van der Waals surface area contributed by atoms with E-state index >= 15 is 0 Å². The van der Waals surface area contributed by atoms with Crippen LogP contribution in [0.1, 0.15) is 17.5 Å². The van der Waals surface area contributed by atoms with Gasteiger partial charge in [0.25, 0.3) is 0 Å². The zero-order valence-corrected chi connectivity index (χ0v) is 17.2. The molecule has 1 saturated heterocycles. The van der Waals surface area contributed by atoms with Crippen LogP contribution in [0.3, 0.4) is 0 Å². The third kappa shape index (κ3) is 4.72. The van der Waals surface area contributed by atoms with Crippen LogP contribution in [-0.4, -0.2) is 51.9 Å². The van der Waals surface area contributed by atoms with Gasteiger partial charge < -0.3 is 9.80 Å². The molecular formula is C21H27N3O3S. The van der Waals surface area contributed by atoms with Crippen LogP contribution in [0.25, 0.3) is 0 Å². The van der Waals surface area contributed by atoms with Gasteiger partial charge in [0.15, 0.2) is 0 Å². The van der Waals surface area contributed by atoms with Crippen molar-refractivity contribution in [3.05, 3.63) is 59.7 Å². The van der Waals surface area contributed by atoms with Crippen molar-refractivity contribution in [1.82, 2.24) is 9.62 Å². The van der Waals surface area contributed by atoms with Crippen LogP contribution in [0.5, 0.6) is 0 Å². The number of hydrogen-bond acceptors (Lipinski definition) is 4. The third-order valence-corrected chi connectivity index (χ3v) is 6.71. The van der Waals surface area contributed by atoms with E-state index in [2.05, 4.69) is 41.7 Å². The van der Waals surface area contributed by atoms with Crippen molar-refractivity contribution < 1.29 is 13.2 Å². The Hall–Kier alpha value is -2.38. The first kappa shape index (κ1) is 20.4. The Morgan fingerprint density at radius 3 is 2.32 bits per heavy atom. The van der Waals surface area contributed by atoms with Gasteiger partial charge in [-0.1, -0.05) is 30.3 Å². The van der Waals surface area contributed by atoms with E-state index in [0.29, 0.717) is 13.1 Å². The van der Waals surface area contributed by atoms with Gasteiger partial charge in [-0.25, -0.2) is 13.1 Å². The van der Waals surface area contributed by atoms with Crippen LogP contribution < -0.4 is 9.62 Å². The number of carbonyl (C=O) groups excluding carboxylic acids is 1. The lowest BCUT2D eigenvalue weighted by Gasteiger charge is -2.37. The normalized spacial score (nSPS) is 14.9. The van der Waals surface area contributed by atoms with Crippen molar-refractivity contribution in [1.29, 1.82) is 0 Å². The van der Waals surface area contributed by atoms with Crippen LogP contribution >= 0.6 is 0 Å². The SMILES string of the molecule is Cc1cccc(N2CCN(C(=O)CCNS(=O)(=O)c3ccccc3)CC2)c1C. The average Bonchev–Trinajstić information content (AvgIpc) is 2.71. The van der Waals surface area contributed by atoms with Crippen molar-refractivity contribution in [2.75, 3.05) is 37.6 Å². The van der Waals surface area contributed by atoms with Gasteiger partial charge in [0.1, 0.15) is 0 Å². The summed E-state index contributed by atoms with van der Waals surface area (Å²) in [6.07, 6.45) is 0.162. The minimum absolute atomic E-state index is 0.0172. The molecule has 1 amide bonds. The summed E-state index contributed by atoms with van der Waals surface area (Å²) in [6.45, 7) is 7.20. The highest BCUT2D eigenvalue weighted by Gasteiger charge is 2.22. The Balaban J connectivity index is 1.48. The van der Waals surface area contributed by atoms with E-state index in [1.165, 1.54) is 28.9 Å². The van der Waals surface area contributed by atoms with Gasteiger partial charge >= 0.3 is 0 Å². The Bertz CT molecular complexity index is 921. The second-order valence-corrected chi connectivity index (χ2v) is 8.81. The van der Waals surface area contributed by atoms with E-state index in [1.54, 1.807) is 18.2 Å². The van der Waals surface area contributed by atoms with Gasteiger partial charge in [-0.15, -0.1) is 0 Å². The summed E-state index contributed by atoms with van der Waals surface area (Å²) in [4.78, 5) is 16.8. The number of hydrogen-bond donors (Lipinski definition) is 1. The molecule has 0 unspecified atom stereocenters. The van der Waals surface area contributed by atoms with Crippen molar-refractivity contribution >= 4 is 21.6 Å². The van der Waals surface area contributed by atoms with Crippen molar-refractivity contribution in [3.8, 4) is 0 Å². The number of amides is 1. The topological polar surface area (TPSA) is 69.7 Å². The Kier molecular flexibility index (Phi) is 6.36. The maximum absolute atomic E-state index is 12.5.